The first-order valence-electron chi connectivity index (χ1n) is 6.91. The first-order valence-corrected chi connectivity index (χ1v) is 6.91. The zero-order chi connectivity index (χ0) is 14.5. The van der Waals surface area contributed by atoms with Gasteiger partial charge in [-0.05, 0) is 50.0 Å². The van der Waals surface area contributed by atoms with Crippen molar-refractivity contribution in [1.82, 2.24) is 10.2 Å². The minimum Gasteiger partial charge on any atom is -0.494 e. The zero-order valence-electron chi connectivity index (χ0n) is 12.0. The van der Waals surface area contributed by atoms with E-state index in [9.17, 15) is 9.18 Å². The molecular weight excluding hydrogens is 259 g/mol. The van der Waals surface area contributed by atoms with Gasteiger partial charge < -0.3 is 15.0 Å². The maximum absolute atomic E-state index is 13.4. The second-order valence-corrected chi connectivity index (χ2v) is 5.23. The van der Waals surface area contributed by atoms with Crippen molar-refractivity contribution >= 4 is 5.91 Å². The minimum absolute atomic E-state index is 0.0955. The normalized spacial score (nSPS) is 15.9. The van der Waals surface area contributed by atoms with Gasteiger partial charge >= 0.3 is 0 Å². The van der Waals surface area contributed by atoms with Crippen molar-refractivity contribution in [1.29, 1.82) is 0 Å². The number of nitrogens with zero attached hydrogens (tertiary/aromatic N) is 1. The number of hydrogen-bond acceptors (Lipinski definition) is 3. The van der Waals surface area contributed by atoms with Gasteiger partial charge in [-0.15, -0.1) is 0 Å². The van der Waals surface area contributed by atoms with Gasteiger partial charge in [0.05, 0.1) is 7.11 Å². The molecule has 0 unspecified atom stereocenters. The van der Waals surface area contributed by atoms with Gasteiger partial charge in [0.1, 0.15) is 0 Å². The Kier molecular flexibility index (Phi) is 4.95. The first-order chi connectivity index (χ1) is 9.61. The van der Waals surface area contributed by atoms with Crippen molar-refractivity contribution in [2.45, 2.75) is 12.8 Å². The van der Waals surface area contributed by atoms with Crippen molar-refractivity contribution in [3.8, 4) is 5.75 Å². The van der Waals surface area contributed by atoms with Crippen molar-refractivity contribution in [3.05, 3.63) is 29.6 Å². The van der Waals surface area contributed by atoms with Gasteiger partial charge in [-0.2, -0.15) is 0 Å². The van der Waals surface area contributed by atoms with E-state index in [1.54, 1.807) is 11.9 Å². The summed E-state index contributed by atoms with van der Waals surface area (Å²) >= 11 is 0. The van der Waals surface area contributed by atoms with Gasteiger partial charge in [0, 0.05) is 19.2 Å². The molecule has 1 saturated heterocycles. The lowest BCUT2D eigenvalue weighted by molar-refractivity contribution is 0.0762. The molecule has 1 aromatic rings. The van der Waals surface area contributed by atoms with E-state index in [0.717, 1.165) is 32.5 Å². The number of halogens is 1. The molecule has 1 heterocycles. The lowest BCUT2D eigenvalue weighted by Crippen LogP contribution is -2.37. The van der Waals surface area contributed by atoms with Crippen molar-refractivity contribution in [3.63, 3.8) is 0 Å². The standard InChI is InChI=1S/C15H21FN2O2/c1-18(10-11-5-7-17-8-6-11)15(19)12-3-4-13(16)14(9-12)20-2/h3-4,9,11,17H,5-8,10H2,1-2H3. The molecule has 0 radical (unpaired) electrons. The zero-order valence-corrected chi connectivity index (χ0v) is 12.0. The van der Waals surface area contributed by atoms with E-state index in [2.05, 4.69) is 5.32 Å². The molecule has 2 rings (SSSR count). The Labute approximate surface area is 118 Å². The molecule has 4 nitrogen and oxygen atoms in total. The average molecular weight is 280 g/mol. The molecule has 1 aliphatic heterocycles. The van der Waals surface area contributed by atoms with E-state index in [-0.39, 0.29) is 11.7 Å². The molecule has 0 aliphatic carbocycles. The van der Waals surface area contributed by atoms with Gasteiger partial charge in [0.15, 0.2) is 11.6 Å². The summed E-state index contributed by atoms with van der Waals surface area (Å²) in [4.78, 5) is 14.0. The number of piperidine rings is 1. The molecule has 1 fully saturated rings. The largest absolute Gasteiger partial charge is 0.494 e. The molecule has 20 heavy (non-hydrogen) atoms. The number of rotatable bonds is 4. The van der Waals surface area contributed by atoms with Crippen LogP contribution in [0.5, 0.6) is 5.75 Å². The van der Waals surface area contributed by atoms with Gasteiger partial charge in [0.25, 0.3) is 5.91 Å². The van der Waals surface area contributed by atoms with Gasteiger partial charge in [-0.3, -0.25) is 4.79 Å². The highest BCUT2D eigenvalue weighted by molar-refractivity contribution is 5.94. The number of benzene rings is 1. The summed E-state index contributed by atoms with van der Waals surface area (Å²) in [5.74, 6) is 0.0885. The van der Waals surface area contributed by atoms with Crippen molar-refractivity contribution in [2.75, 3.05) is 33.8 Å². The van der Waals surface area contributed by atoms with Crippen molar-refractivity contribution in [2.24, 2.45) is 5.92 Å². The number of methoxy groups -OCH3 is 1. The van der Waals surface area contributed by atoms with E-state index < -0.39 is 5.82 Å². The van der Waals surface area contributed by atoms with Crippen LogP contribution in [0.3, 0.4) is 0 Å². The predicted molar refractivity (Wildman–Crippen MR) is 75.5 cm³/mol. The Balaban J connectivity index is 2.02. The van der Waals surface area contributed by atoms with Crippen LogP contribution in [-0.2, 0) is 0 Å². The highest BCUT2D eigenvalue weighted by atomic mass is 19.1. The van der Waals surface area contributed by atoms with Crippen LogP contribution < -0.4 is 10.1 Å². The Morgan fingerprint density at radius 1 is 1.45 bits per heavy atom. The molecule has 1 amide bonds. The Bertz CT molecular complexity index is 473. The number of hydrogen-bond donors (Lipinski definition) is 1. The topological polar surface area (TPSA) is 41.6 Å². The van der Waals surface area contributed by atoms with E-state index in [1.807, 2.05) is 0 Å². The molecule has 0 aromatic heterocycles. The van der Waals surface area contributed by atoms with Crippen LogP contribution in [0.25, 0.3) is 0 Å². The third kappa shape index (κ3) is 3.48. The maximum Gasteiger partial charge on any atom is 0.253 e. The molecule has 0 atom stereocenters. The molecule has 0 spiro atoms. The van der Waals surface area contributed by atoms with Crippen LogP contribution in [0.4, 0.5) is 4.39 Å². The quantitative estimate of drug-likeness (QED) is 0.916. The monoisotopic (exact) mass is 280 g/mol. The fourth-order valence-electron chi connectivity index (χ4n) is 2.55. The SMILES string of the molecule is COc1cc(C(=O)N(C)CC2CCNCC2)ccc1F. The number of amides is 1. The number of carbonyl (C=O) groups is 1. The lowest BCUT2D eigenvalue weighted by Gasteiger charge is -2.27. The van der Waals surface area contributed by atoms with E-state index in [0.29, 0.717) is 11.5 Å². The molecular formula is C15H21FN2O2. The minimum atomic E-state index is -0.454. The average Bonchev–Trinajstić information content (AvgIpc) is 2.48. The molecule has 1 N–H and O–H groups in total. The Hall–Kier alpha value is -1.62. The van der Waals surface area contributed by atoms with Crippen LogP contribution in [-0.4, -0.2) is 44.6 Å². The predicted octanol–water partition coefficient (Wildman–Crippen LogP) is 1.91. The molecule has 0 bridgehead atoms. The third-order valence-corrected chi connectivity index (χ3v) is 3.74. The summed E-state index contributed by atoms with van der Waals surface area (Å²) in [6, 6.07) is 4.22. The van der Waals surface area contributed by atoms with E-state index >= 15 is 0 Å². The summed E-state index contributed by atoms with van der Waals surface area (Å²) < 4.78 is 18.3. The van der Waals surface area contributed by atoms with Crippen molar-refractivity contribution < 1.29 is 13.9 Å². The summed E-state index contributed by atoms with van der Waals surface area (Å²) in [6.07, 6.45) is 2.18. The van der Waals surface area contributed by atoms with Crippen LogP contribution in [0.1, 0.15) is 23.2 Å². The second kappa shape index (κ2) is 6.70. The van der Waals surface area contributed by atoms with E-state index in [1.165, 1.54) is 25.3 Å². The Morgan fingerprint density at radius 2 is 2.15 bits per heavy atom. The van der Waals surface area contributed by atoms with Crippen LogP contribution in [0.15, 0.2) is 18.2 Å². The highest BCUT2D eigenvalue weighted by Crippen LogP contribution is 2.20. The number of nitrogens with one attached hydrogen (secondary N) is 1. The van der Waals surface area contributed by atoms with Gasteiger partial charge in [-0.1, -0.05) is 0 Å². The lowest BCUT2D eigenvalue weighted by atomic mass is 9.97. The smallest absolute Gasteiger partial charge is 0.253 e. The molecule has 0 saturated carbocycles. The molecule has 5 heteroatoms. The van der Waals surface area contributed by atoms with Crippen LogP contribution in [0.2, 0.25) is 0 Å². The summed E-state index contributed by atoms with van der Waals surface area (Å²) in [6.45, 7) is 2.76. The van der Waals surface area contributed by atoms with Crippen LogP contribution in [0, 0.1) is 11.7 Å². The van der Waals surface area contributed by atoms with Gasteiger partial charge in [-0.25, -0.2) is 4.39 Å². The second-order valence-electron chi connectivity index (χ2n) is 5.23. The third-order valence-electron chi connectivity index (χ3n) is 3.74. The first kappa shape index (κ1) is 14.8. The fraction of sp³-hybridized carbons (Fsp3) is 0.533. The summed E-state index contributed by atoms with van der Waals surface area (Å²) in [7, 11) is 3.19. The number of ether oxygens (including phenoxy) is 1. The summed E-state index contributed by atoms with van der Waals surface area (Å²) in [5, 5.41) is 3.31. The number of carbonyl (C=O) groups excluding carboxylic acids is 1. The van der Waals surface area contributed by atoms with E-state index in [4.69, 9.17) is 4.74 Å². The summed E-state index contributed by atoms with van der Waals surface area (Å²) in [5.41, 5.74) is 0.458. The maximum atomic E-state index is 13.4. The molecule has 1 aromatic carbocycles. The Morgan fingerprint density at radius 3 is 2.80 bits per heavy atom. The highest BCUT2D eigenvalue weighted by Gasteiger charge is 2.19. The fourth-order valence-corrected chi connectivity index (χ4v) is 2.55. The van der Waals surface area contributed by atoms with Gasteiger partial charge in [0.2, 0.25) is 0 Å². The van der Waals surface area contributed by atoms with Crippen LogP contribution >= 0.6 is 0 Å². The molecule has 110 valence electrons. The molecule has 1 aliphatic rings.